The Bertz CT molecular complexity index is 962. The van der Waals surface area contributed by atoms with E-state index < -0.39 is 0 Å². The first-order chi connectivity index (χ1) is 13.1. The fourth-order valence-corrected chi connectivity index (χ4v) is 5.24. The molecule has 0 spiro atoms. The number of nitrogens with one attached hydrogen (secondary N) is 1. The molecule has 5 nitrogen and oxygen atoms in total. The van der Waals surface area contributed by atoms with E-state index in [0.29, 0.717) is 5.75 Å². The van der Waals surface area contributed by atoms with Crippen LogP contribution in [-0.2, 0) is 4.79 Å². The lowest BCUT2D eigenvalue weighted by molar-refractivity contribution is -0.113. The molecule has 0 bridgehead atoms. The van der Waals surface area contributed by atoms with Crippen LogP contribution in [0.4, 0.5) is 11.4 Å². The number of anilines is 2. The maximum atomic E-state index is 12.4. The molecule has 1 fully saturated rings. The Labute approximate surface area is 167 Å². The molecule has 140 valence electrons. The Morgan fingerprint density at radius 2 is 1.93 bits per heavy atom. The van der Waals surface area contributed by atoms with E-state index in [2.05, 4.69) is 46.2 Å². The number of carbonyl (C=O) groups excluding carboxylic acids is 1. The van der Waals surface area contributed by atoms with Gasteiger partial charge >= 0.3 is 0 Å². The molecule has 0 saturated carbocycles. The quantitative estimate of drug-likeness (QED) is 0.501. The molecule has 3 aromatic rings. The number of aromatic nitrogens is 2. The van der Waals surface area contributed by atoms with Crippen LogP contribution in [0.25, 0.3) is 10.2 Å². The summed E-state index contributed by atoms with van der Waals surface area (Å²) in [5.41, 5.74) is 3.27. The van der Waals surface area contributed by atoms with E-state index in [0.717, 1.165) is 34.0 Å². The summed E-state index contributed by atoms with van der Waals surface area (Å²) in [5, 5.41) is 4.93. The van der Waals surface area contributed by atoms with Gasteiger partial charge in [-0.2, -0.15) is 0 Å². The zero-order valence-corrected chi connectivity index (χ0v) is 17.1. The Hall–Kier alpha value is -2.12. The molecule has 4 rings (SSSR count). The van der Waals surface area contributed by atoms with Gasteiger partial charge in [0.2, 0.25) is 5.91 Å². The van der Waals surface area contributed by atoms with E-state index in [-0.39, 0.29) is 5.91 Å². The van der Waals surface area contributed by atoms with E-state index >= 15 is 0 Å². The fraction of sp³-hybridized carbons (Fsp3) is 0.350. The number of fused-ring (bicyclic) bond motifs is 1. The van der Waals surface area contributed by atoms with Crippen molar-refractivity contribution in [2.45, 2.75) is 31.7 Å². The van der Waals surface area contributed by atoms with Crippen molar-refractivity contribution in [3.8, 4) is 0 Å². The van der Waals surface area contributed by atoms with Gasteiger partial charge in [0, 0.05) is 34.7 Å². The Morgan fingerprint density at radius 3 is 2.67 bits per heavy atom. The minimum Gasteiger partial charge on any atom is -0.372 e. The molecule has 3 heterocycles. The van der Waals surface area contributed by atoms with Crippen LogP contribution in [0.2, 0.25) is 0 Å². The average molecular weight is 399 g/mol. The molecule has 0 radical (unpaired) electrons. The van der Waals surface area contributed by atoms with Gasteiger partial charge in [-0.05, 0) is 56.5 Å². The van der Waals surface area contributed by atoms with Crippen LogP contribution in [0, 0.1) is 13.8 Å². The van der Waals surface area contributed by atoms with Gasteiger partial charge in [-0.15, -0.1) is 11.3 Å². The highest BCUT2D eigenvalue weighted by Crippen LogP contribution is 2.34. The second kappa shape index (κ2) is 7.86. The number of thiophene rings is 1. The Balaban J connectivity index is 1.39. The minimum atomic E-state index is -0.0229. The summed E-state index contributed by atoms with van der Waals surface area (Å²) in [6.07, 6.45) is 4.10. The Kier molecular flexibility index (Phi) is 5.31. The van der Waals surface area contributed by atoms with Crippen molar-refractivity contribution in [1.29, 1.82) is 0 Å². The van der Waals surface area contributed by atoms with Gasteiger partial charge in [0.1, 0.15) is 16.2 Å². The molecule has 0 aliphatic carbocycles. The summed E-state index contributed by atoms with van der Waals surface area (Å²) in [6, 6.07) is 8.12. The van der Waals surface area contributed by atoms with E-state index in [1.165, 1.54) is 40.7 Å². The summed E-state index contributed by atoms with van der Waals surface area (Å²) in [7, 11) is 0. The maximum Gasteiger partial charge on any atom is 0.234 e. The number of hydrogen-bond donors (Lipinski definition) is 1. The zero-order valence-electron chi connectivity index (χ0n) is 15.5. The molecular weight excluding hydrogens is 376 g/mol. The van der Waals surface area contributed by atoms with E-state index in [1.807, 2.05) is 12.1 Å². The lowest BCUT2D eigenvalue weighted by Gasteiger charge is -2.17. The number of hydrogen-bond acceptors (Lipinski definition) is 6. The topological polar surface area (TPSA) is 58.1 Å². The standard InChI is InChI=1S/C20H22N4OS2/c1-13-14(2)27-20-18(13)19(21-12-22-20)26-11-17(25)23-15-5-7-16(8-6-15)24-9-3-4-10-24/h5-8,12H,3-4,9-11H2,1-2H3,(H,23,25). The Morgan fingerprint density at radius 1 is 1.19 bits per heavy atom. The summed E-state index contributed by atoms with van der Waals surface area (Å²) >= 11 is 3.14. The van der Waals surface area contributed by atoms with Gasteiger partial charge < -0.3 is 10.2 Å². The molecule has 1 aromatic carbocycles. The number of nitrogens with zero attached hydrogens (tertiary/aromatic N) is 3. The third kappa shape index (κ3) is 3.94. The van der Waals surface area contributed by atoms with Gasteiger partial charge in [0.25, 0.3) is 0 Å². The van der Waals surface area contributed by atoms with E-state index in [9.17, 15) is 4.79 Å². The molecular formula is C20H22N4OS2. The van der Waals surface area contributed by atoms with Gasteiger partial charge in [0.15, 0.2) is 0 Å². The lowest BCUT2D eigenvalue weighted by Crippen LogP contribution is -2.18. The number of benzene rings is 1. The molecule has 1 saturated heterocycles. The number of carbonyl (C=O) groups is 1. The number of rotatable bonds is 5. The monoisotopic (exact) mass is 398 g/mol. The van der Waals surface area contributed by atoms with E-state index in [1.54, 1.807) is 17.7 Å². The lowest BCUT2D eigenvalue weighted by atomic mass is 10.2. The zero-order chi connectivity index (χ0) is 18.8. The third-order valence-corrected chi connectivity index (χ3v) is 7.00. The highest BCUT2D eigenvalue weighted by Gasteiger charge is 2.14. The van der Waals surface area contributed by atoms with E-state index in [4.69, 9.17) is 0 Å². The highest BCUT2D eigenvalue weighted by molar-refractivity contribution is 8.00. The van der Waals surface area contributed by atoms with Gasteiger partial charge in [-0.1, -0.05) is 11.8 Å². The van der Waals surface area contributed by atoms with Crippen molar-refractivity contribution in [2.24, 2.45) is 0 Å². The number of aryl methyl sites for hydroxylation is 2. The summed E-state index contributed by atoms with van der Waals surface area (Å²) in [4.78, 5) is 25.7. The first-order valence-electron chi connectivity index (χ1n) is 9.10. The second-order valence-electron chi connectivity index (χ2n) is 6.72. The molecule has 1 amide bonds. The molecule has 1 aliphatic rings. The maximum absolute atomic E-state index is 12.4. The summed E-state index contributed by atoms with van der Waals surface area (Å²) in [6.45, 7) is 6.42. The van der Waals surface area contributed by atoms with Crippen molar-refractivity contribution in [3.05, 3.63) is 41.0 Å². The number of thioether (sulfide) groups is 1. The molecule has 27 heavy (non-hydrogen) atoms. The summed E-state index contributed by atoms with van der Waals surface area (Å²) < 4.78 is 0. The minimum absolute atomic E-state index is 0.0229. The van der Waals surface area contributed by atoms with Crippen LogP contribution < -0.4 is 10.2 Å². The second-order valence-corrected chi connectivity index (χ2v) is 8.89. The molecule has 1 N–H and O–H groups in total. The first-order valence-corrected chi connectivity index (χ1v) is 10.9. The largest absolute Gasteiger partial charge is 0.372 e. The number of amides is 1. The predicted octanol–water partition coefficient (Wildman–Crippen LogP) is 4.64. The normalized spacial score (nSPS) is 14.1. The van der Waals surface area contributed by atoms with Gasteiger partial charge in [0.05, 0.1) is 5.75 Å². The average Bonchev–Trinajstić information content (AvgIpc) is 3.30. The summed E-state index contributed by atoms with van der Waals surface area (Å²) in [5.74, 6) is 0.305. The van der Waals surface area contributed by atoms with Crippen LogP contribution in [0.15, 0.2) is 35.6 Å². The molecule has 1 aliphatic heterocycles. The fourth-order valence-electron chi connectivity index (χ4n) is 3.32. The van der Waals surface area contributed by atoms with Crippen LogP contribution in [0.1, 0.15) is 23.3 Å². The van der Waals surface area contributed by atoms with Crippen molar-refractivity contribution in [1.82, 2.24) is 9.97 Å². The molecule has 0 unspecified atom stereocenters. The SMILES string of the molecule is Cc1sc2ncnc(SCC(=O)Nc3ccc(N4CCCC4)cc3)c2c1C. The van der Waals surface area contributed by atoms with Crippen LogP contribution in [-0.4, -0.2) is 34.7 Å². The first kappa shape index (κ1) is 18.3. The van der Waals surface area contributed by atoms with Gasteiger partial charge in [-0.25, -0.2) is 9.97 Å². The van der Waals surface area contributed by atoms with Gasteiger partial charge in [-0.3, -0.25) is 4.79 Å². The van der Waals surface area contributed by atoms with Crippen LogP contribution in [0.3, 0.4) is 0 Å². The van der Waals surface area contributed by atoms with Crippen molar-refractivity contribution < 1.29 is 4.79 Å². The molecule has 7 heteroatoms. The molecule has 0 atom stereocenters. The van der Waals surface area contributed by atoms with Crippen molar-refractivity contribution in [2.75, 3.05) is 29.1 Å². The van der Waals surface area contributed by atoms with Crippen LogP contribution in [0.5, 0.6) is 0 Å². The van der Waals surface area contributed by atoms with Crippen molar-refractivity contribution in [3.63, 3.8) is 0 Å². The van der Waals surface area contributed by atoms with Crippen LogP contribution >= 0.6 is 23.1 Å². The highest BCUT2D eigenvalue weighted by atomic mass is 32.2. The smallest absolute Gasteiger partial charge is 0.234 e. The molecule has 2 aromatic heterocycles. The predicted molar refractivity (Wildman–Crippen MR) is 114 cm³/mol. The van der Waals surface area contributed by atoms with Crippen molar-refractivity contribution >= 4 is 50.6 Å². The third-order valence-electron chi connectivity index (χ3n) is 4.89.